The van der Waals surface area contributed by atoms with Gasteiger partial charge in [-0.15, -0.1) is 0 Å². The van der Waals surface area contributed by atoms with Crippen LogP contribution in [0.1, 0.15) is 57.6 Å². The van der Waals surface area contributed by atoms with Gasteiger partial charge in [-0.05, 0) is 56.2 Å². The second-order valence-electron chi connectivity index (χ2n) is 5.99. The second kappa shape index (κ2) is 6.90. The second-order valence-corrected chi connectivity index (χ2v) is 7.71. The predicted octanol–water partition coefficient (Wildman–Crippen LogP) is 2.99. The van der Waals surface area contributed by atoms with Crippen LogP contribution in [0.4, 0.5) is 0 Å². The molecule has 1 fully saturated rings. The van der Waals surface area contributed by atoms with Gasteiger partial charge in [-0.25, -0.2) is 13.1 Å². The molecule has 0 aromatic heterocycles. The van der Waals surface area contributed by atoms with Crippen molar-refractivity contribution in [3.05, 3.63) is 29.8 Å². The van der Waals surface area contributed by atoms with Crippen molar-refractivity contribution < 1.29 is 13.5 Å². The van der Waals surface area contributed by atoms with Crippen molar-refractivity contribution in [2.75, 3.05) is 0 Å². The lowest BCUT2D eigenvalue weighted by molar-refractivity contribution is 0.199. The largest absolute Gasteiger partial charge is 0.389 e. The molecule has 1 unspecified atom stereocenters. The molecule has 0 spiro atoms. The monoisotopic (exact) mass is 311 g/mol. The topological polar surface area (TPSA) is 66.4 Å². The number of sulfonamides is 1. The Bertz CT molecular complexity index is 543. The van der Waals surface area contributed by atoms with Crippen LogP contribution in [-0.4, -0.2) is 19.6 Å². The molecule has 2 rings (SSSR count). The van der Waals surface area contributed by atoms with Crippen LogP contribution in [-0.2, 0) is 10.0 Å². The summed E-state index contributed by atoms with van der Waals surface area (Å²) in [4.78, 5) is 0.268. The number of rotatable bonds is 5. The molecule has 21 heavy (non-hydrogen) atoms. The van der Waals surface area contributed by atoms with E-state index in [-0.39, 0.29) is 10.9 Å². The van der Waals surface area contributed by atoms with E-state index in [4.69, 9.17) is 0 Å². The maximum atomic E-state index is 12.4. The Kier molecular flexibility index (Phi) is 5.41. The van der Waals surface area contributed by atoms with Gasteiger partial charge in [0.25, 0.3) is 0 Å². The fraction of sp³-hybridized carbons (Fsp3) is 0.625. The molecule has 2 N–H and O–H groups in total. The SMILES string of the molecule is CCC1CCC(NS(=O)(=O)c2ccc(C(C)O)cc2)CC1. The number of hydrogen-bond donors (Lipinski definition) is 2. The molecule has 1 atom stereocenters. The molecule has 118 valence electrons. The number of hydrogen-bond acceptors (Lipinski definition) is 3. The number of nitrogens with one attached hydrogen (secondary N) is 1. The average Bonchev–Trinajstić information content (AvgIpc) is 2.48. The van der Waals surface area contributed by atoms with Gasteiger partial charge in [0.15, 0.2) is 0 Å². The minimum atomic E-state index is -3.46. The van der Waals surface area contributed by atoms with Crippen LogP contribution in [0.2, 0.25) is 0 Å². The highest BCUT2D eigenvalue weighted by Gasteiger charge is 2.25. The van der Waals surface area contributed by atoms with E-state index < -0.39 is 16.1 Å². The first kappa shape index (κ1) is 16.5. The normalized spacial score (nSPS) is 24.7. The van der Waals surface area contributed by atoms with Gasteiger partial charge in [0.2, 0.25) is 10.0 Å². The predicted molar refractivity (Wildman–Crippen MR) is 83.4 cm³/mol. The van der Waals surface area contributed by atoms with Gasteiger partial charge in [0, 0.05) is 6.04 Å². The van der Waals surface area contributed by atoms with E-state index in [0.29, 0.717) is 0 Å². The quantitative estimate of drug-likeness (QED) is 0.878. The summed E-state index contributed by atoms with van der Waals surface area (Å²) in [5.74, 6) is 0.746. The van der Waals surface area contributed by atoms with E-state index in [1.165, 1.54) is 6.42 Å². The van der Waals surface area contributed by atoms with Crippen molar-refractivity contribution >= 4 is 10.0 Å². The maximum Gasteiger partial charge on any atom is 0.240 e. The van der Waals surface area contributed by atoms with Crippen molar-refractivity contribution in [1.82, 2.24) is 4.72 Å². The molecule has 0 aliphatic heterocycles. The average molecular weight is 311 g/mol. The molecule has 0 heterocycles. The Morgan fingerprint density at radius 1 is 1.19 bits per heavy atom. The van der Waals surface area contributed by atoms with Crippen LogP contribution < -0.4 is 4.72 Å². The first-order valence-electron chi connectivity index (χ1n) is 7.72. The fourth-order valence-corrected chi connectivity index (χ4v) is 4.21. The van der Waals surface area contributed by atoms with Gasteiger partial charge in [0.1, 0.15) is 0 Å². The lowest BCUT2D eigenvalue weighted by Crippen LogP contribution is -2.37. The highest BCUT2D eigenvalue weighted by atomic mass is 32.2. The molecular formula is C16H25NO3S. The zero-order valence-electron chi connectivity index (χ0n) is 12.7. The van der Waals surface area contributed by atoms with Gasteiger partial charge in [0.05, 0.1) is 11.0 Å². The molecule has 4 nitrogen and oxygen atoms in total. The van der Waals surface area contributed by atoms with Crippen molar-refractivity contribution in [2.45, 2.75) is 63.0 Å². The Balaban J connectivity index is 2.01. The third-order valence-electron chi connectivity index (χ3n) is 4.42. The fourth-order valence-electron chi connectivity index (χ4n) is 2.90. The molecule has 0 radical (unpaired) electrons. The van der Waals surface area contributed by atoms with Crippen molar-refractivity contribution in [1.29, 1.82) is 0 Å². The lowest BCUT2D eigenvalue weighted by Gasteiger charge is -2.28. The third kappa shape index (κ3) is 4.28. The summed E-state index contributed by atoms with van der Waals surface area (Å²) < 4.78 is 27.5. The molecule has 0 amide bonds. The number of benzene rings is 1. The Morgan fingerprint density at radius 3 is 2.24 bits per heavy atom. The van der Waals surface area contributed by atoms with Gasteiger partial charge < -0.3 is 5.11 Å². The lowest BCUT2D eigenvalue weighted by atomic mass is 9.85. The Labute approximate surface area is 127 Å². The summed E-state index contributed by atoms with van der Waals surface area (Å²) >= 11 is 0. The first-order valence-corrected chi connectivity index (χ1v) is 9.21. The van der Waals surface area contributed by atoms with Crippen LogP contribution >= 0.6 is 0 Å². The zero-order chi connectivity index (χ0) is 15.5. The summed E-state index contributed by atoms with van der Waals surface area (Å²) in [6, 6.07) is 6.49. The molecular weight excluding hydrogens is 286 g/mol. The maximum absolute atomic E-state index is 12.4. The minimum Gasteiger partial charge on any atom is -0.389 e. The molecule has 1 aliphatic rings. The summed E-state index contributed by atoms with van der Waals surface area (Å²) in [5.41, 5.74) is 0.720. The first-order chi connectivity index (χ1) is 9.92. The molecule has 1 aromatic rings. The highest BCUT2D eigenvalue weighted by molar-refractivity contribution is 7.89. The van der Waals surface area contributed by atoms with E-state index in [9.17, 15) is 13.5 Å². The van der Waals surface area contributed by atoms with Crippen molar-refractivity contribution in [3.8, 4) is 0 Å². The Hall–Kier alpha value is -0.910. The highest BCUT2D eigenvalue weighted by Crippen LogP contribution is 2.27. The molecule has 0 bridgehead atoms. The van der Waals surface area contributed by atoms with Gasteiger partial charge >= 0.3 is 0 Å². The van der Waals surface area contributed by atoms with Crippen LogP contribution in [0.5, 0.6) is 0 Å². The number of aliphatic hydroxyl groups excluding tert-OH is 1. The summed E-state index contributed by atoms with van der Waals surface area (Å²) in [6.07, 6.45) is 4.64. The van der Waals surface area contributed by atoms with E-state index >= 15 is 0 Å². The standard InChI is InChI=1S/C16H25NO3S/c1-3-13-4-8-15(9-5-13)17-21(19,20)16-10-6-14(7-11-16)12(2)18/h6-7,10-13,15,17-18H,3-5,8-9H2,1-2H3. The van der Waals surface area contributed by atoms with Crippen LogP contribution in [0.15, 0.2) is 29.2 Å². The van der Waals surface area contributed by atoms with E-state index in [2.05, 4.69) is 11.6 Å². The van der Waals surface area contributed by atoms with E-state index in [0.717, 1.165) is 37.2 Å². The Morgan fingerprint density at radius 2 is 1.76 bits per heavy atom. The molecule has 1 saturated carbocycles. The molecule has 5 heteroatoms. The van der Waals surface area contributed by atoms with Crippen LogP contribution in [0.25, 0.3) is 0 Å². The van der Waals surface area contributed by atoms with Crippen LogP contribution in [0.3, 0.4) is 0 Å². The zero-order valence-corrected chi connectivity index (χ0v) is 13.6. The van der Waals surface area contributed by atoms with E-state index in [1.807, 2.05) is 0 Å². The molecule has 1 aliphatic carbocycles. The van der Waals surface area contributed by atoms with Gasteiger partial charge in [-0.2, -0.15) is 0 Å². The summed E-state index contributed by atoms with van der Waals surface area (Å²) in [7, 11) is -3.46. The van der Waals surface area contributed by atoms with E-state index in [1.54, 1.807) is 31.2 Å². The third-order valence-corrected chi connectivity index (χ3v) is 5.96. The van der Waals surface area contributed by atoms with Gasteiger partial charge in [-0.1, -0.05) is 25.5 Å². The minimum absolute atomic E-state index is 0.0502. The molecule has 1 aromatic carbocycles. The van der Waals surface area contributed by atoms with Gasteiger partial charge in [-0.3, -0.25) is 0 Å². The number of aliphatic hydroxyl groups is 1. The summed E-state index contributed by atoms with van der Waals surface area (Å²) in [6.45, 7) is 3.85. The smallest absolute Gasteiger partial charge is 0.240 e. The van der Waals surface area contributed by atoms with Crippen molar-refractivity contribution in [2.24, 2.45) is 5.92 Å². The van der Waals surface area contributed by atoms with Crippen molar-refractivity contribution in [3.63, 3.8) is 0 Å². The molecule has 0 saturated heterocycles. The van der Waals surface area contributed by atoms with Crippen LogP contribution in [0, 0.1) is 5.92 Å². The summed E-state index contributed by atoms with van der Waals surface area (Å²) in [5, 5.41) is 9.46.